The first-order valence-corrected chi connectivity index (χ1v) is 11.2. The Hall–Kier alpha value is -2.79. The van der Waals surface area contributed by atoms with Gasteiger partial charge in [0, 0.05) is 17.9 Å². The summed E-state index contributed by atoms with van der Waals surface area (Å²) in [5.41, 5.74) is 6.73. The molecule has 0 radical (unpaired) electrons. The second-order valence-electron chi connectivity index (χ2n) is 5.91. The van der Waals surface area contributed by atoms with Crippen LogP contribution in [0.15, 0.2) is 28.0 Å². The third kappa shape index (κ3) is 4.36. The fourth-order valence-electron chi connectivity index (χ4n) is 2.82. The summed E-state index contributed by atoms with van der Waals surface area (Å²) in [6, 6.07) is 3.59. The van der Waals surface area contributed by atoms with Crippen LogP contribution in [0.5, 0.6) is 0 Å². The molecule has 0 aromatic carbocycles. The molecule has 0 aliphatic carbocycles. The number of nitrogens with zero attached hydrogens (tertiary/aromatic N) is 3. The van der Waals surface area contributed by atoms with E-state index in [9.17, 15) is 9.59 Å². The summed E-state index contributed by atoms with van der Waals surface area (Å²) in [5.74, 6) is 0.396. The zero-order valence-electron chi connectivity index (χ0n) is 16.8. The van der Waals surface area contributed by atoms with Crippen molar-refractivity contribution in [1.29, 1.82) is 0 Å². The number of hydrogen-bond donors (Lipinski definition) is 1. The number of carbonyl (C=O) groups is 2. The van der Waals surface area contributed by atoms with Crippen LogP contribution < -0.4 is 5.73 Å². The number of thiophene rings is 1. The first-order valence-electron chi connectivity index (χ1n) is 9.36. The minimum absolute atomic E-state index is 0.200. The molecule has 3 heterocycles. The molecule has 160 valence electrons. The molecule has 0 spiro atoms. The largest absolute Gasteiger partial charge is 0.462 e. The number of rotatable bonds is 9. The maximum Gasteiger partial charge on any atom is 0.348 e. The summed E-state index contributed by atoms with van der Waals surface area (Å²) in [7, 11) is 0. The second-order valence-corrected chi connectivity index (χ2v) is 7.90. The van der Waals surface area contributed by atoms with Crippen molar-refractivity contribution in [3.05, 3.63) is 34.4 Å². The Kier molecular flexibility index (Phi) is 7.16. The third-order valence-corrected chi connectivity index (χ3v) is 6.13. The van der Waals surface area contributed by atoms with Crippen LogP contribution in [0.25, 0.3) is 11.6 Å². The monoisotopic (exact) mass is 450 g/mol. The summed E-state index contributed by atoms with van der Waals surface area (Å²) >= 11 is 2.36. The molecule has 2 N–H and O–H groups in total. The number of furan rings is 1. The molecular weight excluding hydrogens is 428 g/mol. The van der Waals surface area contributed by atoms with Crippen molar-refractivity contribution >= 4 is 40.0 Å². The molecule has 3 aromatic rings. The van der Waals surface area contributed by atoms with Crippen molar-refractivity contribution in [2.75, 3.05) is 18.9 Å². The van der Waals surface area contributed by atoms with Crippen LogP contribution in [-0.2, 0) is 21.8 Å². The Bertz CT molecular complexity index is 1030. The minimum Gasteiger partial charge on any atom is -0.462 e. The highest BCUT2D eigenvalue weighted by Crippen LogP contribution is 2.37. The van der Waals surface area contributed by atoms with Crippen molar-refractivity contribution in [1.82, 2.24) is 14.8 Å². The number of hydrogen-bond acceptors (Lipinski definition) is 10. The van der Waals surface area contributed by atoms with Gasteiger partial charge in [0.1, 0.15) is 9.88 Å². The molecule has 0 atom stereocenters. The lowest BCUT2D eigenvalue weighted by Crippen LogP contribution is -2.11. The topological polar surface area (TPSA) is 122 Å². The van der Waals surface area contributed by atoms with E-state index < -0.39 is 11.9 Å². The van der Waals surface area contributed by atoms with E-state index in [0.29, 0.717) is 33.7 Å². The summed E-state index contributed by atoms with van der Waals surface area (Å²) < 4.78 is 17.6. The molecule has 3 aromatic heterocycles. The Morgan fingerprint density at radius 1 is 1.20 bits per heavy atom. The number of aromatic nitrogens is 3. The quantitative estimate of drug-likeness (QED) is 0.382. The van der Waals surface area contributed by atoms with Gasteiger partial charge in [0.25, 0.3) is 0 Å². The van der Waals surface area contributed by atoms with E-state index in [0.717, 1.165) is 11.3 Å². The number of anilines is 1. The van der Waals surface area contributed by atoms with Gasteiger partial charge in [-0.15, -0.1) is 21.5 Å². The van der Waals surface area contributed by atoms with E-state index in [1.165, 1.54) is 11.8 Å². The van der Waals surface area contributed by atoms with Gasteiger partial charge in [0.2, 0.25) is 0 Å². The lowest BCUT2D eigenvalue weighted by Gasteiger charge is -2.09. The van der Waals surface area contributed by atoms with Gasteiger partial charge in [-0.2, -0.15) is 0 Å². The van der Waals surface area contributed by atoms with E-state index in [4.69, 9.17) is 19.6 Å². The van der Waals surface area contributed by atoms with E-state index in [1.807, 2.05) is 17.6 Å². The molecule has 0 aliphatic rings. The molecule has 0 unspecified atom stereocenters. The Morgan fingerprint density at radius 2 is 1.93 bits per heavy atom. The summed E-state index contributed by atoms with van der Waals surface area (Å²) in [5, 5.41) is 9.30. The average molecular weight is 451 g/mol. The Balaban J connectivity index is 1.94. The first-order chi connectivity index (χ1) is 14.5. The van der Waals surface area contributed by atoms with Gasteiger partial charge in [-0.1, -0.05) is 11.8 Å². The fourth-order valence-corrected chi connectivity index (χ4v) is 4.91. The molecule has 30 heavy (non-hydrogen) atoms. The lowest BCUT2D eigenvalue weighted by molar-refractivity contribution is 0.0527. The average Bonchev–Trinajstić information content (AvgIpc) is 3.44. The van der Waals surface area contributed by atoms with Gasteiger partial charge in [-0.25, -0.2) is 9.59 Å². The van der Waals surface area contributed by atoms with Crippen molar-refractivity contribution < 1.29 is 23.5 Å². The maximum absolute atomic E-state index is 12.5. The predicted molar refractivity (Wildman–Crippen MR) is 114 cm³/mol. The normalized spacial score (nSPS) is 10.9. The zero-order chi connectivity index (χ0) is 21.7. The second kappa shape index (κ2) is 9.81. The minimum atomic E-state index is -0.564. The van der Waals surface area contributed by atoms with Gasteiger partial charge in [-0.05, 0) is 32.9 Å². The number of thioether (sulfide) groups is 1. The van der Waals surface area contributed by atoms with Crippen molar-refractivity contribution in [2.45, 2.75) is 38.2 Å². The van der Waals surface area contributed by atoms with Crippen LogP contribution in [0.1, 0.15) is 46.4 Å². The molecule has 0 fully saturated rings. The molecule has 0 bridgehead atoms. The lowest BCUT2D eigenvalue weighted by atomic mass is 10.1. The Labute approximate surface area is 181 Å². The molecular formula is C19H22N4O5S2. The molecule has 11 heteroatoms. The molecule has 0 aliphatic heterocycles. The molecule has 3 rings (SSSR count). The van der Waals surface area contributed by atoms with E-state index in [1.54, 1.807) is 26.2 Å². The number of nitrogen functional groups attached to an aromatic ring is 1. The van der Waals surface area contributed by atoms with Crippen LogP contribution in [0.3, 0.4) is 0 Å². The maximum atomic E-state index is 12.5. The van der Waals surface area contributed by atoms with Crippen LogP contribution in [0, 0.1) is 0 Å². The third-order valence-electron chi connectivity index (χ3n) is 4.09. The van der Waals surface area contributed by atoms with Gasteiger partial charge >= 0.3 is 11.9 Å². The number of nitrogens with two attached hydrogens (primary N) is 1. The van der Waals surface area contributed by atoms with Gasteiger partial charge in [-0.3, -0.25) is 4.57 Å². The summed E-state index contributed by atoms with van der Waals surface area (Å²) in [4.78, 5) is 25.2. The number of ether oxygens (including phenoxy) is 2. The summed E-state index contributed by atoms with van der Waals surface area (Å²) in [6.45, 7) is 6.43. The van der Waals surface area contributed by atoms with Crippen molar-refractivity contribution in [3.63, 3.8) is 0 Å². The van der Waals surface area contributed by atoms with Crippen LogP contribution in [0.4, 0.5) is 5.00 Å². The fraction of sp³-hybridized carbons (Fsp3) is 0.368. The van der Waals surface area contributed by atoms with Gasteiger partial charge in [0.05, 0.1) is 25.0 Å². The highest BCUT2D eigenvalue weighted by molar-refractivity contribution is 7.98. The van der Waals surface area contributed by atoms with Crippen molar-refractivity contribution in [3.8, 4) is 11.6 Å². The highest BCUT2D eigenvalue weighted by atomic mass is 32.2. The van der Waals surface area contributed by atoms with E-state index >= 15 is 0 Å². The molecule has 0 saturated carbocycles. The smallest absolute Gasteiger partial charge is 0.348 e. The SMILES string of the molecule is CCOC(=O)c1sc(N)c(C(=O)OCC)c1CSc1nnc(-c2ccco2)n1CC. The number of carbonyl (C=O) groups excluding carboxylic acids is 2. The predicted octanol–water partition coefficient (Wildman–Crippen LogP) is 3.85. The van der Waals surface area contributed by atoms with Crippen LogP contribution >= 0.6 is 23.1 Å². The molecule has 0 saturated heterocycles. The summed E-state index contributed by atoms with van der Waals surface area (Å²) in [6.07, 6.45) is 1.57. The van der Waals surface area contributed by atoms with E-state index in [-0.39, 0.29) is 29.5 Å². The highest BCUT2D eigenvalue weighted by Gasteiger charge is 2.28. The van der Waals surface area contributed by atoms with Gasteiger partial charge in [0.15, 0.2) is 16.7 Å². The van der Waals surface area contributed by atoms with Crippen molar-refractivity contribution in [2.24, 2.45) is 0 Å². The van der Waals surface area contributed by atoms with Crippen LogP contribution in [-0.4, -0.2) is 39.9 Å². The standard InChI is InChI=1S/C19H22N4O5S2/c1-4-23-16(12-8-7-9-28-12)21-22-19(23)29-10-11-13(17(24)26-5-2)15(20)30-14(11)18(25)27-6-3/h7-9H,4-6,10,20H2,1-3H3. The Morgan fingerprint density at radius 3 is 2.57 bits per heavy atom. The molecule has 0 amide bonds. The zero-order valence-corrected chi connectivity index (χ0v) is 18.5. The van der Waals surface area contributed by atoms with E-state index in [2.05, 4.69) is 10.2 Å². The van der Waals surface area contributed by atoms with Gasteiger partial charge < -0.3 is 19.6 Å². The van der Waals surface area contributed by atoms with Crippen LogP contribution in [0.2, 0.25) is 0 Å². The molecule has 9 nitrogen and oxygen atoms in total. The number of esters is 2. The first kappa shape index (κ1) is 21.9.